The normalized spacial score (nSPS) is 13.6. The summed E-state index contributed by atoms with van der Waals surface area (Å²) in [6.07, 6.45) is 1.44. The van der Waals surface area contributed by atoms with Gasteiger partial charge in [-0.1, -0.05) is 41.7 Å². The van der Waals surface area contributed by atoms with Crippen molar-refractivity contribution in [2.24, 2.45) is 0 Å². The highest BCUT2D eigenvalue weighted by molar-refractivity contribution is 7.80. The number of halogens is 3. The van der Waals surface area contributed by atoms with Crippen molar-refractivity contribution in [3.8, 4) is 0 Å². The summed E-state index contributed by atoms with van der Waals surface area (Å²) >= 11 is 23.7. The number of nitrogens with one attached hydrogen (secondary N) is 2. The molecule has 0 radical (unpaired) electrons. The van der Waals surface area contributed by atoms with Gasteiger partial charge in [-0.15, -0.1) is 0 Å². The number of hydrogen-bond donors (Lipinski definition) is 2. The molecule has 32 heavy (non-hydrogen) atoms. The van der Waals surface area contributed by atoms with Crippen molar-refractivity contribution in [3.05, 3.63) is 57.0 Å². The summed E-state index contributed by atoms with van der Waals surface area (Å²) in [5.41, 5.74) is 1.80. The van der Waals surface area contributed by atoms with Gasteiger partial charge in [-0.05, 0) is 55.0 Å². The maximum Gasteiger partial charge on any atom is 0.258 e. The van der Waals surface area contributed by atoms with E-state index in [9.17, 15) is 9.59 Å². The van der Waals surface area contributed by atoms with E-state index in [4.69, 9.17) is 47.0 Å². The van der Waals surface area contributed by atoms with Crippen molar-refractivity contribution in [2.45, 2.75) is 19.8 Å². The fourth-order valence-electron chi connectivity index (χ4n) is 3.42. The maximum absolute atomic E-state index is 12.4. The quantitative estimate of drug-likeness (QED) is 0.537. The molecule has 3 rings (SSSR count). The Balaban J connectivity index is 1.57. The van der Waals surface area contributed by atoms with Gasteiger partial charge in [0.25, 0.3) is 5.91 Å². The van der Waals surface area contributed by atoms with Gasteiger partial charge in [-0.3, -0.25) is 14.9 Å². The molecule has 170 valence electrons. The minimum Gasteiger partial charge on any atom is -0.367 e. The number of nitrogens with zero attached hydrogens (tertiary/aromatic N) is 2. The number of anilines is 2. The van der Waals surface area contributed by atoms with Gasteiger partial charge in [0.05, 0.1) is 21.3 Å². The van der Waals surface area contributed by atoms with Crippen LogP contribution in [0.4, 0.5) is 11.4 Å². The molecule has 2 aromatic rings. The number of piperazine rings is 1. The molecular weight excluding hydrogens is 491 g/mol. The summed E-state index contributed by atoms with van der Waals surface area (Å²) in [5.74, 6) is -0.240. The van der Waals surface area contributed by atoms with Crippen molar-refractivity contribution in [3.63, 3.8) is 0 Å². The van der Waals surface area contributed by atoms with Gasteiger partial charge in [0, 0.05) is 43.3 Å². The molecule has 0 saturated carbocycles. The molecule has 2 aromatic carbocycles. The van der Waals surface area contributed by atoms with Gasteiger partial charge in [-0.25, -0.2) is 0 Å². The topological polar surface area (TPSA) is 64.7 Å². The third kappa shape index (κ3) is 6.25. The Bertz CT molecular complexity index is 1030. The first-order valence-electron chi connectivity index (χ1n) is 10.2. The van der Waals surface area contributed by atoms with Gasteiger partial charge in [0.15, 0.2) is 5.11 Å². The van der Waals surface area contributed by atoms with E-state index in [0.717, 1.165) is 25.2 Å². The molecule has 10 heteroatoms. The molecule has 0 atom stereocenters. The van der Waals surface area contributed by atoms with Gasteiger partial charge in [-0.2, -0.15) is 0 Å². The van der Waals surface area contributed by atoms with Crippen LogP contribution in [0.3, 0.4) is 0 Å². The lowest BCUT2D eigenvalue weighted by atomic mass is 10.2. The maximum atomic E-state index is 12.4. The van der Waals surface area contributed by atoms with Gasteiger partial charge >= 0.3 is 0 Å². The Morgan fingerprint density at radius 3 is 2.34 bits per heavy atom. The Morgan fingerprint density at radius 2 is 1.72 bits per heavy atom. The number of amides is 2. The Hall–Kier alpha value is -2.06. The van der Waals surface area contributed by atoms with Crippen LogP contribution in [0.1, 0.15) is 30.1 Å². The number of hydrogen-bond acceptors (Lipinski definition) is 4. The van der Waals surface area contributed by atoms with Crippen LogP contribution in [0.25, 0.3) is 0 Å². The van der Waals surface area contributed by atoms with Crippen LogP contribution >= 0.6 is 47.0 Å². The minimum atomic E-state index is -0.442. The number of thiocarbonyl (C=S) groups is 1. The van der Waals surface area contributed by atoms with E-state index in [-0.39, 0.29) is 21.6 Å². The van der Waals surface area contributed by atoms with Crippen LogP contribution in [-0.4, -0.2) is 48.0 Å². The third-order valence-corrected chi connectivity index (χ3v) is 6.10. The number of benzene rings is 2. The molecule has 0 aromatic heterocycles. The molecule has 1 saturated heterocycles. The molecule has 2 amide bonds. The van der Waals surface area contributed by atoms with Gasteiger partial charge in [0.2, 0.25) is 5.91 Å². The Kier molecular flexibility index (Phi) is 8.59. The Morgan fingerprint density at radius 1 is 1.00 bits per heavy atom. The lowest BCUT2D eigenvalue weighted by Gasteiger charge is -2.36. The summed E-state index contributed by atoms with van der Waals surface area (Å²) in [5, 5.41) is 6.90. The van der Waals surface area contributed by atoms with E-state index >= 15 is 0 Å². The highest BCUT2D eigenvalue weighted by atomic mass is 35.5. The third-order valence-electron chi connectivity index (χ3n) is 5.05. The SMILES string of the molecule is CCCC(=O)N1CCN(c2ccc(NC(=S)NC(=O)c3ccc(Cl)cc3Cl)cc2Cl)CC1. The van der Waals surface area contributed by atoms with Crippen molar-refractivity contribution < 1.29 is 9.59 Å². The van der Waals surface area contributed by atoms with E-state index in [1.165, 1.54) is 12.1 Å². The van der Waals surface area contributed by atoms with E-state index in [1.807, 2.05) is 24.0 Å². The highest BCUT2D eigenvalue weighted by Crippen LogP contribution is 2.30. The summed E-state index contributed by atoms with van der Waals surface area (Å²) < 4.78 is 0. The summed E-state index contributed by atoms with van der Waals surface area (Å²) in [6.45, 7) is 4.81. The Labute approximate surface area is 207 Å². The molecule has 0 unspecified atom stereocenters. The second-order valence-corrected chi connectivity index (χ2v) is 8.98. The average Bonchev–Trinajstić information content (AvgIpc) is 2.74. The van der Waals surface area contributed by atoms with Crippen molar-refractivity contribution in [1.29, 1.82) is 0 Å². The smallest absolute Gasteiger partial charge is 0.258 e. The molecule has 0 spiro atoms. The van der Waals surface area contributed by atoms with E-state index in [2.05, 4.69) is 15.5 Å². The molecule has 2 N–H and O–H groups in total. The monoisotopic (exact) mass is 512 g/mol. The first-order valence-corrected chi connectivity index (χ1v) is 11.7. The summed E-state index contributed by atoms with van der Waals surface area (Å²) in [7, 11) is 0. The number of carbonyl (C=O) groups excluding carboxylic acids is 2. The fraction of sp³-hybridized carbons (Fsp3) is 0.318. The van der Waals surface area contributed by atoms with Gasteiger partial charge < -0.3 is 15.1 Å². The minimum absolute atomic E-state index is 0.118. The van der Waals surface area contributed by atoms with Crippen molar-refractivity contribution in [2.75, 3.05) is 36.4 Å². The zero-order chi connectivity index (χ0) is 23.3. The van der Waals surface area contributed by atoms with Crippen LogP contribution in [0.2, 0.25) is 15.1 Å². The first kappa shape index (κ1) is 24.6. The largest absolute Gasteiger partial charge is 0.367 e. The molecule has 1 fully saturated rings. The molecule has 1 aliphatic heterocycles. The van der Waals surface area contributed by atoms with E-state index in [0.29, 0.717) is 35.2 Å². The molecule has 6 nitrogen and oxygen atoms in total. The number of carbonyl (C=O) groups is 2. The van der Waals surface area contributed by atoms with Crippen LogP contribution in [0.15, 0.2) is 36.4 Å². The second-order valence-electron chi connectivity index (χ2n) is 7.32. The fourth-order valence-corrected chi connectivity index (χ4v) is 4.42. The van der Waals surface area contributed by atoms with Crippen LogP contribution in [0, 0.1) is 0 Å². The van der Waals surface area contributed by atoms with Crippen LogP contribution in [-0.2, 0) is 4.79 Å². The molecular formula is C22H23Cl3N4O2S. The predicted molar refractivity (Wildman–Crippen MR) is 135 cm³/mol. The average molecular weight is 514 g/mol. The zero-order valence-electron chi connectivity index (χ0n) is 17.5. The zero-order valence-corrected chi connectivity index (χ0v) is 20.5. The van der Waals surface area contributed by atoms with Crippen molar-refractivity contribution in [1.82, 2.24) is 10.2 Å². The number of rotatable bonds is 5. The van der Waals surface area contributed by atoms with Crippen LogP contribution in [0.5, 0.6) is 0 Å². The van der Waals surface area contributed by atoms with Crippen molar-refractivity contribution >= 4 is 75.3 Å². The summed E-state index contributed by atoms with van der Waals surface area (Å²) in [4.78, 5) is 28.5. The molecule has 1 aliphatic rings. The van der Waals surface area contributed by atoms with Gasteiger partial charge in [0.1, 0.15) is 0 Å². The lowest BCUT2D eigenvalue weighted by molar-refractivity contribution is -0.131. The second kappa shape index (κ2) is 11.2. The molecule has 1 heterocycles. The molecule has 0 aliphatic carbocycles. The van der Waals surface area contributed by atoms with E-state index < -0.39 is 5.91 Å². The lowest BCUT2D eigenvalue weighted by Crippen LogP contribution is -2.48. The van der Waals surface area contributed by atoms with E-state index in [1.54, 1.807) is 12.1 Å². The standard InChI is InChI=1S/C22H23Cl3N4O2S/c1-2-3-20(30)29-10-8-28(9-11-29)19-7-5-15(13-18(19)25)26-22(32)27-21(31)16-6-4-14(23)12-17(16)24/h4-7,12-13H,2-3,8-11H2,1H3,(H2,26,27,31,32). The summed E-state index contributed by atoms with van der Waals surface area (Å²) in [6, 6.07) is 10.1. The predicted octanol–water partition coefficient (Wildman–Crippen LogP) is 5.22. The molecule has 0 bridgehead atoms. The first-order chi connectivity index (χ1) is 15.3. The highest BCUT2D eigenvalue weighted by Gasteiger charge is 2.22. The van der Waals surface area contributed by atoms with Crippen LogP contribution < -0.4 is 15.5 Å².